The maximum absolute atomic E-state index is 13.4. The Hall–Kier alpha value is -3.60. The quantitative estimate of drug-likeness (QED) is 0.717. The van der Waals surface area contributed by atoms with Gasteiger partial charge >= 0.3 is 0 Å². The van der Waals surface area contributed by atoms with Crippen molar-refractivity contribution in [2.45, 2.75) is 19.4 Å². The Morgan fingerprint density at radius 3 is 2.50 bits per heavy atom. The van der Waals surface area contributed by atoms with Crippen LogP contribution in [0.5, 0.6) is 5.75 Å². The van der Waals surface area contributed by atoms with Crippen molar-refractivity contribution in [1.29, 1.82) is 0 Å². The third kappa shape index (κ3) is 4.06. The molecule has 0 aromatic heterocycles. The van der Waals surface area contributed by atoms with Crippen LogP contribution >= 0.6 is 0 Å². The van der Waals surface area contributed by atoms with Crippen molar-refractivity contribution >= 4 is 17.5 Å². The molecule has 0 saturated carbocycles. The molecular formula is C25H24N2O3. The Kier molecular flexibility index (Phi) is 5.53. The van der Waals surface area contributed by atoms with Gasteiger partial charge in [0.1, 0.15) is 12.3 Å². The standard InChI is InChI=1S/C25H24N2O3/c1-17-8-13-22-21(14-17)25(19-6-4-3-5-7-19)27(16-23(28)26-22)24(29)15-18-9-11-20(30-2)12-10-18/h3-14,25H,15-16H2,1-2H3,(H,26,28)/t25-/m1/s1. The van der Waals surface area contributed by atoms with E-state index in [1.807, 2.05) is 79.7 Å². The normalized spacial score (nSPS) is 15.7. The summed E-state index contributed by atoms with van der Waals surface area (Å²) in [5.74, 6) is 0.451. The highest BCUT2D eigenvalue weighted by atomic mass is 16.5. The number of carbonyl (C=O) groups is 2. The van der Waals surface area contributed by atoms with Crippen molar-refractivity contribution < 1.29 is 14.3 Å². The first-order valence-electron chi connectivity index (χ1n) is 9.93. The second-order valence-electron chi connectivity index (χ2n) is 7.50. The molecule has 0 aliphatic carbocycles. The van der Waals surface area contributed by atoms with Crippen LogP contribution in [0.1, 0.15) is 28.3 Å². The molecule has 3 aromatic carbocycles. The lowest BCUT2D eigenvalue weighted by atomic mass is 9.94. The number of fused-ring (bicyclic) bond motifs is 1. The molecule has 5 heteroatoms. The Bertz CT molecular complexity index is 1060. The van der Waals surface area contributed by atoms with Gasteiger partial charge in [-0.25, -0.2) is 0 Å². The van der Waals surface area contributed by atoms with Crippen LogP contribution < -0.4 is 10.1 Å². The number of methoxy groups -OCH3 is 1. The minimum atomic E-state index is -0.342. The van der Waals surface area contributed by atoms with Gasteiger partial charge in [0.05, 0.1) is 19.6 Å². The average molecular weight is 400 g/mol. The highest BCUT2D eigenvalue weighted by Gasteiger charge is 2.33. The Balaban J connectivity index is 1.75. The molecule has 0 unspecified atom stereocenters. The highest BCUT2D eigenvalue weighted by molar-refractivity contribution is 5.97. The van der Waals surface area contributed by atoms with Gasteiger partial charge in [-0.3, -0.25) is 9.59 Å². The summed E-state index contributed by atoms with van der Waals surface area (Å²) in [4.78, 5) is 27.7. The molecule has 0 fully saturated rings. The lowest BCUT2D eigenvalue weighted by Crippen LogP contribution is -2.39. The fourth-order valence-electron chi connectivity index (χ4n) is 3.87. The van der Waals surface area contributed by atoms with Gasteiger partial charge in [-0.15, -0.1) is 0 Å². The molecule has 1 aliphatic heterocycles. The van der Waals surface area contributed by atoms with E-state index in [2.05, 4.69) is 5.32 Å². The van der Waals surface area contributed by atoms with E-state index in [9.17, 15) is 9.59 Å². The number of hydrogen-bond acceptors (Lipinski definition) is 3. The van der Waals surface area contributed by atoms with Crippen LogP contribution in [-0.2, 0) is 16.0 Å². The van der Waals surface area contributed by atoms with Crippen molar-refractivity contribution in [2.24, 2.45) is 0 Å². The Morgan fingerprint density at radius 2 is 1.80 bits per heavy atom. The molecule has 30 heavy (non-hydrogen) atoms. The second kappa shape index (κ2) is 8.41. The van der Waals surface area contributed by atoms with Crippen molar-refractivity contribution in [3.8, 4) is 5.75 Å². The van der Waals surface area contributed by atoms with E-state index in [-0.39, 0.29) is 30.8 Å². The minimum Gasteiger partial charge on any atom is -0.497 e. The number of benzene rings is 3. The number of carbonyl (C=O) groups excluding carboxylic acids is 2. The summed E-state index contributed by atoms with van der Waals surface area (Å²) in [6, 6.07) is 22.9. The fraction of sp³-hybridized carbons (Fsp3) is 0.200. The van der Waals surface area contributed by atoms with Gasteiger partial charge < -0.3 is 15.0 Å². The van der Waals surface area contributed by atoms with Gasteiger partial charge in [0.2, 0.25) is 11.8 Å². The summed E-state index contributed by atoms with van der Waals surface area (Å²) >= 11 is 0. The molecule has 1 atom stereocenters. The van der Waals surface area contributed by atoms with E-state index in [1.165, 1.54) is 0 Å². The average Bonchev–Trinajstić information content (AvgIpc) is 2.90. The van der Waals surface area contributed by atoms with E-state index in [0.717, 1.165) is 33.7 Å². The molecule has 0 saturated heterocycles. The van der Waals surface area contributed by atoms with Crippen LogP contribution in [0.15, 0.2) is 72.8 Å². The van der Waals surface area contributed by atoms with E-state index in [1.54, 1.807) is 12.0 Å². The first-order chi connectivity index (χ1) is 14.5. The zero-order chi connectivity index (χ0) is 21.1. The van der Waals surface area contributed by atoms with E-state index in [0.29, 0.717) is 0 Å². The number of amides is 2. The third-order valence-corrected chi connectivity index (χ3v) is 5.35. The van der Waals surface area contributed by atoms with Gasteiger partial charge in [-0.1, -0.05) is 60.2 Å². The Labute approximate surface area is 176 Å². The zero-order valence-corrected chi connectivity index (χ0v) is 17.1. The van der Waals surface area contributed by atoms with Gasteiger partial charge in [0, 0.05) is 11.3 Å². The molecule has 1 N–H and O–H groups in total. The van der Waals surface area contributed by atoms with Crippen molar-refractivity contribution in [3.63, 3.8) is 0 Å². The lowest BCUT2D eigenvalue weighted by Gasteiger charge is -2.31. The SMILES string of the molecule is COc1ccc(CC(=O)N2CC(=O)Nc3ccc(C)cc3[C@H]2c2ccccc2)cc1. The highest BCUT2D eigenvalue weighted by Crippen LogP contribution is 2.36. The first-order valence-corrected chi connectivity index (χ1v) is 9.93. The van der Waals surface area contributed by atoms with Crippen LogP contribution in [0.25, 0.3) is 0 Å². The summed E-state index contributed by atoms with van der Waals surface area (Å²) in [6.07, 6.45) is 0.210. The molecule has 5 nitrogen and oxygen atoms in total. The predicted octanol–water partition coefficient (Wildman–Crippen LogP) is 4.12. The topological polar surface area (TPSA) is 58.6 Å². The number of rotatable bonds is 4. The van der Waals surface area contributed by atoms with Gasteiger partial charge in [-0.05, 0) is 36.2 Å². The summed E-state index contributed by atoms with van der Waals surface area (Å²) in [5.41, 5.74) is 4.60. The number of anilines is 1. The van der Waals surface area contributed by atoms with Crippen molar-refractivity contribution in [3.05, 3.63) is 95.1 Å². The maximum atomic E-state index is 13.4. The molecule has 152 valence electrons. The van der Waals surface area contributed by atoms with E-state index < -0.39 is 0 Å². The molecule has 1 heterocycles. The molecule has 4 rings (SSSR count). The van der Waals surface area contributed by atoms with Gasteiger partial charge in [0.25, 0.3) is 0 Å². The summed E-state index contributed by atoms with van der Waals surface area (Å²) in [6.45, 7) is 2.01. The monoisotopic (exact) mass is 400 g/mol. The van der Waals surface area contributed by atoms with Crippen LogP contribution in [0.4, 0.5) is 5.69 Å². The van der Waals surface area contributed by atoms with Crippen LogP contribution in [0.3, 0.4) is 0 Å². The number of nitrogens with one attached hydrogen (secondary N) is 1. The molecule has 0 spiro atoms. The molecule has 2 amide bonds. The number of aryl methyl sites for hydroxylation is 1. The van der Waals surface area contributed by atoms with Gasteiger partial charge in [-0.2, -0.15) is 0 Å². The van der Waals surface area contributed by atoms with E-state index >= 15 is 0 Å². The second-order valence-corrected chi connectivity index (χ2v) is 7.50. The smallest absolute Gasteiger partial charge is 0.244 e. The number of nitrogens with zero attached hydrogens (tertiary/aromatic N) is 1. The number of hydrogen-bond donors (Lipinski definition) is 1. The molecule has 0 bridgehead atoms. The van der Waals surface area contributed by atoms with Crippen LogP contribution in [-0.4, -0.2) is 30.4 Å². The third-order valence-electron chi connectivity index (χ3n) is 5.35. The molecule has 3 aromatic rings. The summed E-state index contributed by atoms with van der Waals surface area (Å²) in [5, 5.41) is 2.96. The lowest BCUT2D eigenvalue weighted by molar-refractivity contribution is -0.135. The first kappa shape index (κ1) is 19.7. The minimum absolute atomic E-state index is 0.00226. The maximum Gasteiger partial charge on any atom is 0.244 e. The van der Waals surface area contributed by atoms with Gasteiger partial charge in [0.15, 0.2) is 0 Å². The largest absolute Gasteiger partial charge is 0.497 e. The molecule has 0 radical (unpaired) electrons. The molecule has 1 aliphatic rings. The fourth-order valence-corrected chi connectivity index (χ4v) is 3.87. The van der Waals surface area contributed by atoms with Crippen LogP contribution in [0.2, 0.25) is 0 Å². The van der Waals surface area contributed by atoms with Crippen molar-refractivity contribution in [1.82, 2.24) is 4.90 Å². The zero-order valence-electron chi connectivity index (χ0n) is 17.1. The molecular weight excluding hydrogens is 376 g/mol. The Morgan fingerprint density at radius 1 is 1.07 bits per heavy atom. The number of ether oxygens (including phenoxy) is 1. The van der Waals surface area contributed by atoms with Crippen molar-refractivity contribution in [2.75, 3.05) is 19.0 Å². The summed E-state index contributed by atoms with van der Waals surface area (Å²) in [7, 11) is 1.61. The predicted molar refractivity (Wildman–Crippen MR) is 117 cm³/mol. The van der Waals surface area contributed by atoms with E-state index in [4.69, 9.17) is 4.74 Å². The summed E-state index contributed by atoms with van der Waals surface area (Å²) < 4.78 is 5.20. The van der Waals surface area contributed by atoms with Crippen LogP contribution in [0, 0.1) is 6.92 Å².